The SMILES string of the molecule is [C-]#[N+]c1c(-c2ncccc2-c2ccccc2)cc(C#N)c(C#N)c1[N+]#[C-]. The molecule has 3 aromatic rings. The first-order valence-corrected chi connectivity index (χ1v) is 7.52. The Hall–Kier alpha value is -4.45. The summed E-state index contributed by atoms with van der Waals surface area (Å²) in [4.78, 5) is 11.2. The number of hydrogen-bond acceptors (Lipinski definition) is 3. The Morgan fingerprint density at radius 2 is 1.58 bits per heavy atom. The topological polar surface area (TPSA) is 69.2 Å². The fourth-order valence-corrected chi connectivity index (χ4v) is 2.73. The molecule has 5 nitrogen and oxygen atoms in total. The van der Waals surface area contributed by atoms with E-state index in [9.17, 15) is 10.5 Å². The zero-order chi connectivity index (χ0) is 18.5. The molecule has 2 aromatic carbocycles. The Morgan fingerprint density at radius 1 is 0.846 bits per heavy atom. The van der Waals surface area contributed by atoms with Crippen molar-refractivity contribution in [3.8, 4) is 34.5 Å². The quantitative estimate of drug-likeness (QED) is 0.601. The van der Waals surface area contributed by atoms with Crippen LogP contribution in [0.5, 0.6) is 0 Å². The summed E-state index contributed by atoms with van der Waals surface area (Å²) in [6.07, 6.45) is 1.59. The van der Waals surface area contributed by atoms with Gasteiger partial charge in [-0.25, -0.2) is 9.69 Å². The smallest absolute Gasteiger partial charge is 0.213 e. The maximum absolute atomic E-state index is 9.39. The van der Waals surface area contributed by atoms with Crippen LogP contribution in [0.4, 0.5) is 11.4 Å². The lowest BCUT2D eigenvalue weighted by Gasteiger charge is -2.13. The molecule has 118 valence electrons. The zero-order valence-electron chi connectivity index (χ0n) is 13.4. The van der Waals surface area contributed by atoms with Crippen LogP contribution in [0, 0.1) is 35.8 Å². The van der Waals surface area contributed by atoms with E-state index in [4.69, 9.17) is 13.1 Å². The molecule has 0 N–H and O–H groups in total. The van der Waals surface area contributed by atoms with Crippen LogP contribution < -0.4 is 0 Å². The molecule has 1 aromatic heterocycles. The van der Waals surface area contributed by atoms with Crippen molar-refractivity contribution in [2.45, 2.75) is 0 Å². The van der Waals surface area contributed by atoms with Gasteiger partial charge in [-0.15, -0.1) is 0 Å². The highest BCUT2D eigenvalue weighted by Gasteiger charge is 2.22. The van der Waals surface area contributed by atoms with Gasteiger partial charge in [0.25, 0.3) is 0 Å². The van der Waals surface area contributed by atoms with Crippen LogP contribution in [0.3, 0.4) is 0 Å². The monoisotopic (exact) mass is 331 g/mol. The zero-order valence-corrected chi connectivity index (χ0v) is 13.4. The third kappa shape index (κ3) is 2.63. The Balaban J connectivity index is 2.42. The second kappa shape index (κ2) is 6.98. The number of rotatable bonds is 2. The average Bonchev–Trinajstić information content (AvgIpc) is 2.72. The van der Waals surface area contributed by atoms with Crippen LogP contribution in [-0.2, 0) is 0 Å². The molecule has 0 atom stereocenters. The second-order valence-corrected chi connectivity index (χ2v) is 5.26. The molecule has 0 amide bonds. The molecule has 0 bridgehead atoms. The van der Waals surface area contributed by atoms with Gasteiger partial charge in [-0.2, -0.15) is 10.5 Å². The van der Waals surface area contributed by atoms with Gasteiger partial charge in [-0.3, -0.25) is 4.98 Å². The van der Waals surface area contributed by atoms with Gasteiger partial charge in [0.15, 0.2) is 0 Å². The van der Waals surface area contributed by atoms with Gasteiger partial charge in [0.1, 0.15) is 0 Å². The van der Waals surface area contributed by atoms with E-state index < -0.39 is 0 Å². The molecule has 0 fully saturated rings. The van der Waals surface area contributed by atoms with Crippen molar-refractivity contribution in [3.63, 3.8) is 0 Å². The van der Waals surface area contributed by atoms with Crippen LogP contribution in [-0.4, -0.2) is 4.98 Å². The van der Waals surface area contributed by atoms with Crippen LogP contribution >= 0.6 is 0 Å². The minimum Gasteiger partial charge on any atom is -0.257 e. The van der Waals surface area contributed by atoms with Gasteiger partial charge < -0.3 is 0 Å². The van der Waals surface area contributed by atoms with Gasteiger partial charge in [-0.1, -0.05) is 36.4 Å². The number of nitrogens with zero attached hydrogens (tertiary/aromatic N) is 5. The molecule has 0 spiro atoms. The summed E-state index contributed by atoms with van der Waals surface area (Å²) < 4.78 is 0. The van der Waals surface area contributed by atoms with E-state index in [0.29, 0.717) is 11.3 Å². The lowest BCUT2D eigenvalue weighted by Crippen LogP contribution is -1.93. The van der Waals surface area contributed by atoms with Gasteiger partial charge >= 0.3 is 0 Å². The van der Waals surface area contributed by atoms with Crippen molar-refractivity contribution in [2.24, 2.45) is 0 Å². The highest BCUT2D eigenvalue weighted by atomic mass is 14.8. The lowest BCUT2D eigenvalue weighted by molar-refractivity contribution is 1.32. The molecule has 0 unspecified atom stereocenters. The summed E-state index contributed by atoms with van der Waals surface area (Å²) in [5, 5.41) is 18.7. The van der Waals surface area contributed by atoms with Crippen molar-refractivity contribution in [1.29, 1.82) is 10.5 Å². The molecule has 0 saturated heterocycles. The third-order valence-corrected chi connectivity index (χ3v) is 3.88. The first-order valence-electron chi connectivity index (χ1n) is 7.52. The van der Waals surface area contributed by atoms with E-state index >= 15 is 0 Å². The van der Waals surface area contributed by atoms with Gasteiger partial charge in [-0.05, 0) is 23.3 Å². The Morgan fingerprint density at radius 3 is 2.19 bits per heavy atom. The molecule has 3 rings (SSSR count). The standard InChI is InChI=1S/C21H9N5/c1-24-20-17(11-15(12-22)18(13-23)21(20)25-2)19-16(9-6-10-26-19)14-7-4-3-5-8-14/h3-11H. The van der Waals surface area contributed by atoms with E-state index in [0.717, 1.165) is 11.1 Å². The number of benzene rings is 2. The van der Waals surface area contributed by atoms with Crippen LogP contribution in [0.25, 0.3) is 32.1 Å². The average molecular weight is 331 g/mol. The number of hydrogen-bond donors (Lipinski definition) is 0. The summed E-state index contributed by atoms with van der Waals surface area (Å²) in [6.45, 7) is 14.9. The fourth-order valence-electron chi connectivity index (χ4n) is 2.73. The normalized spacial score (nSPS) is 9.38. The molecular formula is C21H9N5. The minimum atomic E-state index is -0.110. The minimum absolute atomic E-state index is 0.0337. The molecule has 5 heteroatoms. The molecule has 0 saturated carbocycles. The summed E-state index contributed by atoms with van der Waals surface area (Å²) in [5.41, 5.74) is 2.46. The Labute approximate surface area is 150 Å². The van der Waals surface area contributed by atoms with Crippen molar-refractivity contribution in [2.75, 3.05) is 0 Å². The maximum atomic E-state index is 9.39. The Bertz CT molecular complexity index is 1170. The van der Waals surface area contributed by atoms with Crippen molar-refractivity contribution in [3.05, 3.63) is 88.7 Å². The highest BCUT2D eigenvalue weighted by molar-refractivity contribution is 5.96. The lowest BCUT2D eigenvalue weighted by atomic mass is 9.94. The van der Waals surface area contributed by atoms with Crippen LogP contribution in [0.1, 0.15) is 11.1 Å². The number of aromatic nitrogens is 1. The van der Waals surface area contributed by atoms with Gasteiger partial charge in [0.05, 0.1) is 42.1 Å². The van der Waals surface area contributed by atoms with Crippen molar-refractivity contribution >= 4 is 11.4 Å². The third-order valence-electron chi connectivity index (χ3n) is 3.88. The highest BCUT2D eigenvalue weighted by Crippen LogP contribution is 2.44. The molecule has 0 radical (unpaired) electrons. The summed E-state index contributed by atoms with van der Waals surface area (Å²) >= 11 is 0. The second-order valence-electron chi connectivity index (χ2n) is 5.26. The predicted molar refractivity (Wildman–Crippen MR) is 97.1 cm³/mol. The fraction of sp³-hybridized carbons (Fsp3) is 0. The number of nitriles is 2. The Kier molecular flexibility index (Phi) is 4.40. The number of pyridine rings is 1. The molecule has 0 aliphatic heterocycles. The van der Waals surface area contributed by atoms with Gasteiger partial charge in [0.2, 0.25) is 11.4 Å². The van der Waals surface area contributed by atoms with Crippen molar-refractivity contribution < 1.29 is 0 Å². The van der Waals surface area contributed by atoms with Crippen LogP contribution in [0.15, 0.2) is 54.7 Å². The van der Waals surface area contributed by atoms with E-state index in [1.807, 2.05) is 48.5 Å². The van der Waals surface area contributed by atoms with Crippen molar-refractivity contribution in [1.82, 2.24) is 4.98 Å². The molecule has 26 heavy (non-hydrogen) atoms. The maximum Gasteiger partial charge on any atom is 0.213 e. The van der Waals surface area contributed by atoms with E-state index in [1.165, 1.54) is 6.07 Å². The molecule has 0 aliphatic rings. The summed E-state index contributed by atoms with van der Waals surface area (Å²) in [7, 11) is 0. The first kappa shape index (κ1) is 16.4. The molecular weight excluding hydrogens is 322 g/mol. The largest absolute Gasteiger partial charge is 0.257 e. The summed E-state index contributed by atoms with van der Waals surface area (Å²) in [5.74, 6) is 0. The summed E-state index contributed by atoms with van der Waals surface area (Å²) in [6, 6.07) is 18.5. The molecule has 1 heterocycles. The predicted octanol–water partition coefficient (Wildman–Crippen LogP) is 5.26. The van der Waals surface area contributed by atoms with E-state index in [2.05, 4.69) is 14.7 Å². The molecule has 0 aliphatic carbocycles. The first-order chi connectivity index (χ1) is 12.7. The van der Waals surface area contributed by atoms with Gasteiger partial charge in [0, 0.05) is 11.8 Å². The van der Waals surface area contributed by atoms with Crippen LogP contribution in [0.2, 0.25) is 0 Å². The van der Waals surface area contributed by atoms with E-state index in [1.54, 1.807) is 12.3 Å². The van der Waals surface area contributed by atoms with E-state index in [-0.39, 0.29) is 22.5 Å².